The largest absolute Gasteiger partial charge is 0.271 e. The molecule has 1 atom stereocenters. The number of rotatable bonds is 5. The van der Waals surface area contributed by atoms with E-state index in [0.717, 1.165) is 24.5 Å². The van der Waals surface area contributed by atoms with E-state index < -0.39 is 0 Å². The van der Waals surface area contributed by atoms with Crippen LogP contribution in [0.3, 0.4) is 0 Å². The molecule has 19 heavy (non-hydrogen) atoms. The third kappa shape index (κ3) is 4.02. The summed E-state index contributed by atoms with van der Waals surface area (Å²) in [4.78, 5) is 4.55. The lowest BCUT2D eigenvalue weighted by Crippen LogP contribution is -2.43. The Morgan fingerprint density at radius 3 is 2.58 bits per heavy atom. The molecular weight excluding hydrogens is 234 g/mol. The van der Waals surface area contributed by atoms with Gasteiger partial charge in [-0.1, -0.05) is 32.8 Å². The van der Waals surface area contributed by atoms with Crippen LogP contribution >= 0.6 is 0 Å². The molecule has 0 aliphatic heterocycles. The van der Waals surface area contributed by atoms with E-state index in [1.54, 1.807) is 0 Å². The number of hydrogen-bond acceptors (Lipinski definition) is 3. The number of nitrogens with zero attached hydrogens (tertiary/aromatic N) is 1. The van der Waals surface area contributed by atoms with Crippen LogP contribution in [0.25, 0.3) is 0 Å². The maximum Gasteiger partial charge on any atom is 0.0419 e. The van der Waals surface area contributed by atoms with E-state index >= 15 is 0 Å². The second-order valence-corrected chi connectivity index (χ2v) is 6.01. The van der Waals surface area contributed by atoms with Crippen LogP contribution in [0, 0.1) is 11.8 Å². The first kappa shape index (κ1) is 14.5. The molecule has 1 unspecified atom stereocenters. The zero-order valence-electron chi connectivity index (χ0n) is 12.2. The van der Waals surface area contributed by atoms with E-state index in [0.29, 0.717) is 12.0 Å². The van der Waals surface area contributed by atoms with Gasteiger partial charge in [0, 0.05) is 24.4 Å². The van der Waals surface area contributed by atoms with Crippen molar-refractivity contribution in [1.82, 2.24) is 10.4 Å². The molecule has 0 bridgehead atoms. The lowest BCUT2D eigenvalue weighted by atomic mass is 9.78. The molecule has 3 N–H and O–H groups in total. The van der Waals surface area contributed by atoms with Gasteiger partial charge in [-0.3, -0.25) is 16.3 Å². The number of nitrogens with two attached hydrogens (primary N) is 1. The van der Waals surface area contributed by atoms with Crippen LogP contribution in [0.1, 0.15) is 50.8 Å². The first-order chi connectivity index (χ1) is 9.22. The predicted octanol–water partition coefficient (Wildman–Crippen LogP) is 2.84. The molecule has 1 saturated carbocycles. The van der Waals surface area contributed by atoms with Crippen molar-refractivity contribution in [3.05, 3.63) is 29.6 Å². The summed E-state index contributed by atoms with van der Waals surface area (Å²) >= 11 is 0. The Balaban J connectivity index is 1.94. The van der Waals surface area contributed by atoms with Crippen LogP contribution in [0.15, 0.2) is 18.3 Å². The summed E-state index contributed by atoms with van der Waals surface area (Å²) in [7, 11) is 0. The molecule has 1 heterocycles. The van der Waals surface area contributed by atoms with Crippen LogP contribution in [0.5, 0.6) is 0 Å². The zero-order valence-corrected chi connectivity index (χ0v) is 12.2. The standard InChI is InChI=1S/C16H27N3/c1-3-13-6-9-15(18-11-13)10-16(19-17)14-7-4-12(2)5-8-14/h6,9,11-12,14,16,19H,3-5,7-8,10,17H2,1-2H3. The third-order valence-electron chi connectivity index (χ3n) is 4.57. The molecule has 1 aromatic heterocycles. The second-order valence-electron chi connectivity index (χ2n) is 6.01. The van der Waals surface area contributed by atoms with Crippen LogP contribution in [0.4, 0.5) is 0 Å². The lowest BCUT2D eigenvalue weighted by molar-refractivity contribution is 0.229. The minimum Gasteiger partial charge on any atom is -0.271 e. The van der Waals surface area contributed by atoms with Gasteiger partial charge >= 0.3 is 0 Å². The molecule has 1 aliphatic carbocycles. The maximum absolute atomic E-state index is 5.76. The van der Waals surface area contributed by atoms with Crippen molar-refractivity contribution in [3.63, 3.8) is 0 Å². The number of aromatic nitrogens is 1. The first-order valence-corrected chi connectivity index (χ1v) is 7.62. The van der Waals surface area contributed by atoms with Crippen molar-refractivity contribution in [2.75, 3.05) is 0 Å². The number of nitrogens with one attached hydrogen (secondary N) is 1. The van der Waals surface area contributed by atoms with E-state index in [-0.39, 0.29) is 0 Å². The molecule has 106 valence electrons. The van der Waals surface area contributed by atoms with Gasteiger partial charge in [0.1, 0.15) is 0 Å². The first-order valence-electron chi connectivity index (χ1n) is 7.62. The fraction of sp³-hybridized carbons (Fsp3) is 0.688. The molecule has 0 spiro atoms. The van der Waals surface area contributed by atoms with E-state index in [2.05, 4.69) is 36.4 Å². The Morgan fingerprint density at radius 2 is 2.05 bits per heavy atom. The van der Waals surface area contributed by atoms with Gasteiger partial charge in [-0.15, -0.1) is 0 Å². The van der Waals surface area contributed by atoms with Crippen LogP contribution in [-0.4, -0.2) is 11.0 Å². The van der Waals surface area contributed by atoms with Crippen molar-refractivity contribution in [1.29, 1.82) is 0 Å². The number of aryl methyl sites for hydroxylation is 1. The highest BCUT2D eigenvalue weighted by molar-refractivity contribution is 5.14. The molecule has 0 aromatic carbocycles. The van der Waals surface area contributed by atoms with Gasteiger partial charge in [0.05, 0.1) is 0 Å². The van der Waals surface area contributed by atoms with Crippen molar-refractivity contribution < 1.29 is 0 Å². The highest BCUT2D eigenvalue weighted by atomic mass is 15.2. The fourth-order valence-electron chi connectivity index (χ4n) is 3.06. The van der Waals surface area contributed by atoms with Gasteiger partial charge in [-0.25, -0.2) is 0 Å². The van der Waals surface area contributed by atoms with Crippen molar-refractivity contribution in [2.45, 2.75) is 58.4 Å². The average molecular weight is 261 g/mol. The molecule has 3 heteroatoms. The van der Waals surface area contributed by atoms with E-state index in [1.807, 2.05) is 6.20 Å². The summed E-state index contributed by atoms with van der Waals surface area (Å²) in [6, 6.07) is 4.69. The molecule has 0 amide bonds. The second kappa shape index (κ2) is 7.01. The van der Waals surface area contributed by atoms with Crippen molar-refractivity contribution in [3.8, 4) is 0 Å². The molecule has 1 aromatic rings. The van der Waals surface area contributed by atoms with Crippen LogP contribution in [0.2, 0.25) is 0 Å². The molecule has 1 fully saturated rings. The van der Waals surface area contributed by atoms with Gasteiger partial charge in [-0.05, 0) is 42.7 Å². The fourth-order valence-corrected chi connectivity index (χ4v) is 3.06. The topological polar surface area (TPSA) is 50.9 Å². The molecule has 2 rings (SSSR count). The summed E-state index contributed by atoms with van der Waals surface area (Å²) in [5, 5.41) is 0. The molecule has 1 aliphatic rings. The smallest absolute Gasteiger partial charge is 0.0419 e. The maximum atomic E-state index is 5.76. The van der Waals surface area contributed by atoms with E-state index in [9.17, 15) is 0 Å². The molecule has 0 saturated heterocycles. The van der Waals surface area contributed by atoms with Gasteiger partial charge in [0.25, 0.3) is 0 Å². The van der Waals surface area contributed by atoms with Crippen molar-refractivity contribution in [2.24, 2.45) is 17.7 Å². The average Bonchev–Trinajstić information content (AvgIpc) is 2.46. The Hall–Kier alpha value is -0.930. The predicted molar refractivity (Wildman–Crippen MR) is 79.6 cm³/mol. The van der Waals surface area contributed by atoms with Gasteiger partial charge in [0.2, 0.25) is 0 Å². The Morgan fingerprint density at radius 1 is 1.32 bits per heavy atom. The monoisotopic (exact) mass is 261 g/mol. The number of pyridine rings is 1. The van der Waals surface area contributed by atoms with Gasteiger partial charge in [0.15, 0.2) is 0 Å². The Kier molecular flexibility index (Phi) is 5.34. The summed E-state index contributed by atoms with van der Waals surface area (Å²) in [5.74, 6) is 7.35. The van der Waals surface area contributed by atoms with Gasteiger partial charge in [-0.2, -0.15) is 0 Å². The summed E-state index contributed by atoms with van der Waals surface area (Å²) in [6.07, 6.45) is 9.25. The summed E-state index contributed by atoms with van der Waals surface area (Å²) < 4.78 is 0. The lowest BCUT2D eigenvalue weighted by Gasteiger charge is -2.32. The summed E-state index contributed by atoms with van der Waals surface area (Å²) in [5.41, 5.74) is 5.47. The minimum absolute atomic E-state index is 0.368. The zero-order chi connectivity index (χ0) is 13.7. The number of hydrogen-bond donors (Lipinski definition) is 2. The van der Waals surface area contributed by atoms with E-state index in [1.165, 1.54) is 31.2 Å². The highest BCUT2D eigenvalue weighted by Gasteiger charge is 2.25. The summed E-state index contributed by atoms with van der Waals surface area (Å²) in [6.45, 7) is 4.51. The highest BCUT2D eigenvalue weighted by Crippen LogP contribution is 2.31. The van der Waals surface area contributed by atoms with Crippen molar-refractivity contribution >= 4 is 0 Å². The Bertz CT molecular complexity index is 366. The molecule has 0 radical (unpaired) electrons. The minimum atomic E-state index is 0.368. The number of hydrazine groups is 1. The molecular formula is C16H27N3. The van der Waals surface area contributed by atoms with Crippen LogP contribution < -0.4 is 11.3 Å². The third-order valence-corrected chi connectivity index (χ3v) is 4.57. The molecule has 3 nitrogen and oxygen atoms in total. The van der Waals surface area contributed by atoms with E-state index in [4.69, 9.17) is 5.84 Å². The van der Waals surface area contributed by atoms with Crippen LogP contribution in [-0.2, 0) is 12.8 Å². The Labute approximate surface area is 117 Å². The quantitative estimate of drug-likeness (QED) is 0.633. The normalized spacial score (nSPS) is 25.2. The SMILES string of the molecule is CCc1ccc(CC(NN)C2CCC(C)CC2)nc1. The van der Waals surface area contributed by atoms with Gasteiger partial charge < -0.3 is 0 Å².